The van der Waals surface area contributed by atoms with Crippen molar-refractivity contribution in [2.45, 2.75) is 19.4 Å². The Morgan fingerprint density at radius 3 is 2.75 bits per heavy atom. The second-order valence-electron chi connectivity index (χ2n) is 3.96. The number of aromatic nitrogens is 1. The van der Waals surface area contributed by atoms with E-state index in [1.807, 2.05) is 0 Å². The summed E-state index contributed by atoms with van der Waals surface area (Å²) >= 11 is 5.63. The largest absolute Gasteiger partial charge is 0.389 e. The van der Waals surface area contributed by atoms with Crippen LogP contribution in [-0.4, -0.2) is 27.2 Å². The van der Waals surface area contributed by atoms with Crippen LogP contribution in [0.5, 0.6) is 0 Å². The van der Waals surface area contributed by atoms with E-state index in [9.17, 15) is 15.2 Å². The van der Waals surface area contributed by atoms with Gasteiger partial charge in [-0.25, -0.2) is 4.98 Å². The van der Waals surface area contributed by atoms with E-state index in [4.69, 9.17) is 11.6 Å². The number of nitrogens with zero attached hydrogens (tertiary/aromatic N) is 2. The molecule has 0 spiro atoms. The van der Waals surface area contributed by atoms with E-state index in [1.54, 1.807) is 13.8 Å². The number of nitrogens with one attached hydrogen (secondary N) is 1. The van der Waals surface area contributed by atoms with Crippen LogP contribution >= 0.6 is 11.6 Å². The van der Waals surface area contributed by atoms with Gasteiger partial charge in [0, 0.05) is 6.54 Å². The molecule has 0 aliphatic rings. The second-order valence-corrected chi connectivity index (χ2v) is 4.34. The Morgan fingerprint density at radius 2 is 2.25 bits per heavy atom. The Morgan fingerprint density at radius 1 is 1.62 bits per heavy atom. The fourth-order valence-corrected chi connectivity index (χ4v) is 1.19. The molecule has 0 atom stereocenters. The third-order valence-electron chi connectivity index (χ3n) is 1.69. The molecule has 1 rings (SSSR count). The van der Waals surface area contributed by atoms with E-state index in [1.165, 1.54) is 6.07 Å². The molecule has 2 N–H and O–H groups in total. The lowest BCUT2D eigenvalue weighted by molar-refractivity contribution is -0.384. The molecule has 0 bridgehead atoms. The van der Waals surface area contributed by atoms with Crippen LogP contribution in [-0.2, 0) is 0 Å². The molecular weight excluding hydrogens is 234 g/mol. The maximum atomic E-state index is 10.5. The number of halogens is 1. The summed E-state index contributed by atoms with van der Waals surface area (Å²) in [5, 5.41) is 22.8. The van der Waals surface area contributed by atoms with Crippen molar-refractivity contribution in [3.63, 3.8) is 0 Å². The molecule has 6 nitrogen and oxygen atoms in total. The van der Waals surface area contributed by atoms with Gasteiger partial charge in [-0.1, -0.05) is 11.6 Å². The van der Waals surface area contributed by atoms with Crippen molar-refractivity contribution in [3.8, 4) is 0 Å². The monoisotopic (exact) mass is 245 g/mol. The molecule has 0 amide bonds. The molecular formula is C9H12ClN3O3. The van der Waals surface area contributed by atoms with Gasteiger partial charge in [0.05, 0.1) is 22.7 Å². The van der Waals surface area contributed by atoms with Crippen LogP contribution < -0.4 is 5.32 Å². The zero-order valence-corrected chi connectivity index (χ0v) is 9.65. The standard InChI is InChI=1S/C9H12ClN3O3/c1-9(2,14)5-11-8-4-6(13(15)16)3-7(10)12-8/h3-4,14H,5H2,1-2H3,(H,11,12). The normalized spacial score (nSPS) is 11.2. The molecule has 1 heterocycles. The number of nitro groups is 1. The lowest BCUT2D eigenvalue weighted by atomic mass is 10.1. The van der Waals surface area contributed by atoms with Gasteiger partial charge in [-0.3, -0.25) is 10.1 Å². The highest BCUT2D eigenvalue weighted by Gasteiger charge is 2.14. The minimum absolute atomic E-state index is 0.0347. The summed E-state index contributed by atoms with van der Waals surface area (Å²) in [5.74, 6) is 0.265. The SMILES string of the molecule is CC(C)(O)CNc1cc([N+](=O)[O-])cc(Cl)n1. The fourth-order valence-electron chi connectivity index (χ4n) is 0.986. The van der Waals surface area contributed by atoms with Crippen LogP contribution in [0.25, 0.3) is 0 Å². The highest BCUT2D eigenvalue weighted by Crippen LogP contribution is 2.20. The first-order chi connectivity index (χ1) is 7.28. The number of hydrogen-bond acceptors (Lipinski definition) is 5. The average molecular weight is 246 g/mol. The smallest absolute Gasteiger partial charge is 0.276 e. The molecule has 1 aromatic rings. The van der Waals surface area contributed by atoms with Crippen molar-refractivity contribution in [1.29, 1.82) is 0 Å². The molecule has 0 saturated carbocycles. The molecule has 7 heteroatoms. The van der Waals surface area contributed by atoms with E-state index in [0.29, 0.717) is 0 Å². The Kier molecular flexibility index (Phi) is 3.66. The van der Waals surface area contributed by atoms with Crippen LogP contribution in [0.15, 0.2) is 12.1 Å². The molecule has 0 aliphatic carbocycles. The number of pyridine rings is 1. The van der Waals surface area contributed by atoms with Gasteiger partial charge >= 0.3 is 0 Å². The van der Waals surface area contributed by atoms with Crippen LogP contribution in [0.3, 0.4) is 0 Å². The van der Waals surface area contributed by atoms with Crippen LogP contribution in [0.1, 0.15) is 13.8 Å². The summed E-state index contributed by atoms with van der Waals surface area (Å²) in [7, 11) is 0. The van der Waals surface area contributed by atoms with E-state index in [-0.39, 0.29) is 23.2 Å². The summed E-state index contributed by atoms with van der Waals surface area (Å²) < 4.78 is 0. The summed E-state index contributed by atoms with van der Waals surface area (Å²) in [6.07, 6.45) is 0. The first-order valence-electron chi connectivity index (χ1n) is 4.56. The third-order valence-corrected chi connectivity index (χ3v) is 1.89. The zero-order valence-electron chi connectivity index (χ0n) is 8.90. The second kappa shape index (κ2) is 4.63. The fraction of sp³-hybridized carbons (Fsp3) is 0.444. The molecule has 16 heavy (non-hydrogen) atoms. The minimum Gasteiger partial charge on any atom is -0.389 e. The number of anilines is 1. The lowest BCUT2D eigenvalue weighted by Gasteiger charge is -2.17. The van der Waals surface area contributed by atoms with Crippen LogP contribution in [0, 0.1) is 10.1 Å². The molecule has 0 aliphatic heterocycles. The minimum atomic E-state index is -0.932. The van der Waals surface area contributed by atoms with Gasteiger partial charge < -0.3 is 10.4 Å². The first-order valence-corrected chi connectivity index (χ1v) is 4.94. The molecule has 0 saturated heterocycles. The van der Waals surface area contributed by atoms with Crippen molar-refractivity contribution in [1.82, 2.24) is 4.98 Å². The van der Waals surface area contributed by atoms with Crippen molar-refractivity contribution in [2.75, 3.05) is 11.9 Å². The number of aliphatic hydroxyl groups is 1. The predicted octanol–water partition coefficient (Wildman–Crippen LogP) is 1.83. The van der Waals surface area contributed by atoms with Crippen molar-refractivity contribution in [3.05, 3.63) is 27.4 Å². The van der Waals surface area contributed by atoms with Crippen molar-refractivity contribution < 1.29 is 10.0 Å². The average Bonchev–Trinajstić information content (AvgIpc) is 2.13. The quantitative estimate of drug-likeness (QED) is 0.480. The summed E-state index contributed by atoms with van der Waals surface area (Å²) in [6, 6.07) is 2.43. The van der Waals surface area contributed by atoms with Crippen molar-refractivity contribution >= 4 is 23.1 Å². The van der Waals surface area contributed by atoms with Crippen molar-refractivity contribution in [2.24, 2.45) is 0 Å². The third kappa shape index (κ3) is 4.00. The van der Waals surface area contributed by atoms with E-state index >= 15 is 0 Å². The van der Waals surface area contributed by atoms with Gasteiger partial charge in [0.2, 0.25) is 0 Å². The highest BCUT2D eigenvalue weighted by molar-refractivity contribution is 6.29. The van der Waals surface area contributed by atoms with Gasteiger partial charge in [0.25, 0.3) is 5.69 Å². The Hall–Kier alpha value is -1.40. The summed E-state index contributed by atoms with van der Waals surface area (Å²) in [5.41, 5.74) is -1.07. The summed E-state index contributed by atoms with van der Waals surface area (Å²) in [4.78, 5) is 13.9. The molecule has 0 aromatic carbocycles. The van der Waals surface area contributed by atoms with E-state index in [0.717, 1.165) is 6.07 Å². The Balaban J connectivity index is 2.85. The zero-order chi connectivity index (χ0) is 12.3. The predicted molar refractivity (Wildman–Crippen MR) is 60.7 cm³/mol. The van der Waals surface area contributed by atoms with E-state index < -0.39 is 10.5 Å². The number of hydrogen-bond donors (Lipinski definition) is 2. The first kappa shape index (κ1) is 12.7. The Labute approximate surface area is 97.4 Å². The highest BCUT2D eigenvalue weighted by atomic mass is 35.5. The molecule has 0 fully saturated rings. The van der Waals surface area contributed by atoms with Gasteiger partial charge in [-0.05, 0) is 13.8 Å². The van der Waals surface area contributed by atoms with Gasteiger partial charge in [-0.2, -0.15) is 0 Å². The number of rotatable bonds is 4. The van der Waals surface area contributed by atoms with Crippen LogP contribution in [0.4, 0.5) is 11.5 Å². The Bertz CT molecular complexity index is 403. The molecule has 0 radical (unpaired) electrons. The maximum Gasteiger partial charge on any atom is 0.276 e. The summed E-state index contributed by atoms with van der Waals surface area (Å²) in [6.45, 7) is 3.44. The molecule has 88 valence electrons. The molecule has 0 unspecified atom stereocenters. The lowest BCUT2D eigenvalue weighted by Crippen LogP contribution is -2.29. The van der Waals surface area contributed by atoms with Gasteiger partial charge in [-0.15, -0.1) is 0 Å². The molecule has 1 aromatic heterocycles. The maximum absolute atomic E-state index is 10.5. The topological polar surface area (TPSA) is 88.3 Å². The van der Waals surface area contributed by atoms with Crippen LogP contribution in [0.2, 0.25) is 5.15 Å². The van der Waals surface area contributed by atoms with E-state index in [2.05, 4.69) is 10.3 Å². The van der Waals surface area contributed by atoms with Gasteiger partial charge in [0.15, 0.2) is 0 Å². The van der Waals surface area contributed by atoms with Gasteiger partial charge in [0.1, 0.15) is 11.0 Å².